The fourth-order valence-corrected chi connectivity index (χ4v) is 2.47. The zero-order valence-electron chi connectivity index (χ0n) is 12.2. The topological polar surface area (TPSA) is 12.0 Å². The maximum atomic E-state index is 3.63. The summed E-state index contributed by atoms with van der Waals surface area (Å²) < 4.78 is 0. The average Bonchev–Trinajstić information content (AvgIpc) is 3.28. The molecule has 0 radical (unpaired) electrons. The zero-order chi connectivity index (χ0) is 13.2. The van der Waals surface area contributed by atoms with Crippen LogP contribution in [0.25, 0.3) is 6.08 Å². The summed E-state index contributed by atoms with van der Waals surface area (Å²) in [6.45, 7) is 5.63. The molecule has 0 bridgehead atoms. The molecule has 2 fully saturated rings. The molecule has 0 aliphatic heterocycles. The molecule has 0 aromatic heterocycles. The molecule has 0 amide bonds. The Labute approximate surface area is 117 Å². The van der Waals surface area contributed by atoms with E-state index in [0.717, 1.165) is 18.5 Å². The van der Waals surface area contributed by atoms with Crippen LogP contribution in [0.5, 0.6) is 0 Å². The Hall–Kier alpha value is -1.08. The molecule has 0 unspecified atom stereocenters. The third kappa shape index (κ3) is 3.70. The number of hydrogen-bond acceptors (Lipinski definition) is 1. The highest BCUT2D eigenvalue weighted by molar-refractivity contribution is 5.54. The lowest BCUT2D eigenvalue weighted by molar-refractivity contribution is 0.662. The van der Waals surface area contributed by atoms with Crippen molar-refractivity contribution >= 4 is 6.08 Å². The molecular formula is C18H25N. The van der Waals surface area contributed by atoms with Crippen LogP contribution < -0.4 is 5.32 Å². The monoisotopic (exact) mass is 255 g/mol. The van der Waals surface area contributed by atoms with Crippen molar-refractivity contribution in [3.8, 4) is 0 Å². The van der Waals surface area contributed by atoms with Crippen molar-refractivity contribution in [2.24, 2.45) is 5.92 Å². The summed E-state index contributed by atoms with van der Waals surface area (Å²) in [6.07, 6.45) is 7.87. The van der Waals surface area contributed by atoms with E-state index >= 15 is 0 Å². The average molecular weight is 255 g/mol. The van der Waals surface area contributed by atoms with E-state index in [9.17, 15) is 0 Å². The van der Waals surface area contributed by atoms with Gasteiger partial charge in [0.05, 0.1) is 0 Å². The van der Waals surface area contributed by atoms with Gasteiger partial charge in [-0.1, -0.05) is 49.8 Å². The van der Waals surface area contributed by atoms with Gasteiger partial charge in [0, 0.05) is 12.6 Å². The largest absolute Gasteiger partial charge is 0.310 e. The van der Waals surface area contributed by atoms with Crippen molar-refractivity contribution in [3.63, 3.8) is 0 Å². The Morgan fingerprint density at radius 1 is 1.16 bits per heavy atom. The lowest BCUT2D eigenvalue weighted by Gasteiger charge is -2.13. The molecule has 2 saturated carbocycles. The van der Waals surface area contributed by atoms with Crippen LogP contribution in [0.2, 0.25) is 0 Å². The maximum absolute atomic E-state index is 3.63. The van der Waals surface area contributed by atoms with Crippen molar-refractivity contribution in [1.29, 1.82) is 0 Å². The van der Waals surface area contributed by atoms with Crippen molar-refractivity contribution in [3.05, 3.63) is 41.0 Å². The third-order valence-corrected chi connectivity index (χ3v) is 4.25. The Bertz CT molecular complexity index is 447. The molecule has 102 valence electrons. The van der Waals surface area contributed by atoms with Crippen molar-refractivity contribution in [2.45, 2.75) is 51.5 Å². The summed E-state index contributed by atoms with van der Waals surface area (Å²) in [4.78, 5) is 0. The fraction of sp³-hybridized carbons (Fsp3) is 0.556. The van der Waals surface area contributed by atoms with Gasteiger partial charge in [0.15, 0.2) is 0 Å². The fourth-order valence-electron chi connectivity index (χ4n) is 2.47. The van der Waals surface area contributed by atoms with E-state index in [4.69, 9.17) is 0 Å². The summed E-state index contributed by atoms with van der Waals surface area (Å²) in [5.74, 6) is 1.48. The molecule has 2 aliphatic carbocycles. The van der Waals surface area contributed by atoms with Gasteiger partial charge in [-0.2, -0.15) is 0 Å². The lowest BCUT2D eigenvalue weighted by Crippen LogP contribution is -2.21. The molecule has 0 heterocycles. The predicted molar refractivity (Wildman–Crippen MR) is 82.3 cm³/mol. The molecule has 1 heteroatoms. The van der Waals surface area contributed by atoms with Gasteiger partial charge in [0.25, 0.3) is 0 Å². The second-order valence-electron chi connectivity index (χ2n) is 6.47. The number of nitrogens with one attached hydrogen (secondary N) is 1. The number of benzene rings is 1. The van der Waals surface area contributed by atoms with Crippen molar-refractivity contribution in [2.75, 3.05) is 6.54 Å². The van der Waals surface area contributed by atoms with E-state index < -0.39 is 0 Å². The van der Waals surface area contributed by atoms with Crippen LogP contribution in [0.3, 0.4) is 0 Å². The van der Waals surface area contributed by atoms with Gasteiger partial charge in [0.2, 0.25) is 0 Å². The Balaban J connectivity index is 1.67. The summed E-state index contributed by atoms with van der Waals surface area (Å²) in [7, 11) is 0. The van der Waals surface area contributed by atoms with Crippen LogP contribution in [-0.4, -0.2) is 12.6 Å². The Morgan fingerprint density at radius 2 is 1.84 bits per heavy atom. The second-order valence-corrected chi connectivity index (χ2v) is 6.47. The third-order valence-electron chi connectivity index (χ3n) is 4.25. The van der Waals surface area contributed by atoms with Gasteiger partial charge < -0.3 is 5.32 Å². The summed E-state index contributed by atoms with van der Waals surface area (Å²) >= 11 is 0. The van der Waals surface area contributed by atoms with Crippen LogP contribution in [0.1, 0.15) is 56.6 Å². The first-order chi connectivity index (χ1) is 9.22. The number of rotatable bonds is 6. The van der Waals surface area contributed by atoms with Crippen LogP contribution in [0.15, 0.2) is 29.8 Å². The van der Waals surface area contributed by atoms with Gasteiger partial charge in [0.1, 0.15) is 0 Å². The Kier molecular flexibility index (Phi) is 3.74. The molecule has 1 N–H and O–H groups in total. The van der Waals surface area contributed by atoms with Crippen LogP contribution in [0.4, 0.5) is 0 Å². The van der Waals surface area contributed by atoms with Crippen molar-refractivity contribution < 1.29 is 0 Å². The molecule has 19 heavy (non-hydrogen) atoms. The molecular weight excluding hydrogens is 230 g/mol. The molecule has 2 aliphatic rings. The Morgan fingerprint density at radius 3 is 2.37 bits per heavy atom. The molecule has 0 saturated heterocycles. The van der Waals surface area contributed by atoms with Crippen molar-refractivity contribution in [1.82, 2.24) is 5.32 Å². The molecule has 1 nitrogen and oxygen atoms in total. The van der Waals surface area contributed by atoms with Crippen LogP contribution in [0, 0.1) is 5.92 Å². The standard InChI is InChI=1S/C18H25N/c1-13(2)17(12-19-18-9-10-18)11-14-3-5-15(6-4-14)16-7-8-16/h3-6,11,13,16,18-19H,7-10,12H2,1-2H3. The predicted octanol–water partition coefficient (Wildman–Crippen LogP) is 4.36. The normalized spacial score (nSPS) is 20.1. The molecule has 1 aromatic carbocycles. The van der Waals surface area contributed by atoms with E-state index in [1.54, 1.807) is 0 Å². The van der Waals surface area contributed by atoms with E-state index in [0.29, 0.717) is 5.92 Å². The van der Waals surface area contributed by atoms with Gasteiger partial charge in [-0.3, -0.25) is 0 Å². The van der Waals surface area contributed by atoms with Gasteiger partial charge in [-0.25, -0.2) is 0 Å². The maximum Gasteiger partial charge on any atom is 0.0173 e. The minimum Gasteiger partial charge on any atom is -0.310 e. The summed E-state index contributed by atoms with van der Waals surface area (Å²) in [5, 5.41) is 3.63. The van der Waals surface area contributed by atoms with E-state index in [2.05, 4.69) is 49.5 Å². The lowest BCUT2D eigenvalue weighted by atomic mass is 9.99. The molecule has 0 atom stereocenters. The minimum atomic E-state index is 0.620. The molecule has 0 spiro atoms. The smallest absolute Gasteiger partial charge is 0.0173 e. The van der Waals surface area contributed by atoms with Gasteiger partial charge >= 0.3 is 0 Å². The first-order valence-electron chi connectivity index (χ1n) is 7.76. The van der Waals surface area contributed by atoms with E-state index in [1.807, 2.05) is 0 Å². The van der Waals surface area contributed by atoms with Crippen LogP contribution in [-0.2, 0) is 0 Å². The summed E-state index contributed by atoms with van der Waals surface area (Å²) in [6, 6.07) is 9.99. The highest BCUT2D eigenvalue weighted by Gasteiger charge is 2.23. The van der Waals surface area contributed by atoms with E-state index in [-0.39, 0.29) is 0 Å². The van der Waals surface area contributed by atoms with E-state index in [1.165, 1.54) is 42.4 Å². The zero-order valence-corrected chi connectivity index (χ0v) is 12.2. The highest BCUT2D eigenvalue weighted by atomic mass is 14.9. The molecule has 3 rings (SSSR count). The first-order valence-corrected chi connectivity index (χ1v) is 7.76. The number of hydrogen-bond donors (Lipinski definition) is 1. The first kappa shape index (κ1) is 12.9. The highest BCUT2D eigenvalue weighted by Crippen LogP contribution is 2.40. The quantitative estimate of drug-likeness (QED) is 0.796. The second kappa shape index (κ2) is 5.50. The minimum absolute atomic E-state index is 0.620. The molecule has 1 aromatic rings. The summed E-state index contributed by atoms with van der Waals surface area (Å²) in [5.41, 5.74) is 4.40. The van der Waals surface area contributed by atoms with Gasteiger partial charge in [-0.15, -0.1) is 0 Å². The SMILES string of the molecule is CC(C)C(=Cc1ccc(C2CC2)cc1)CNC1CC1. The van der Waals surface area contributed by atoms with Gasteiger partial charge in [-0.05, 0) is 48.6 Å². The van der Waals surface area contributed by atoms with Crippen LogP contribution >= 0.6 is 0 Å².